The lowest BCUT2D eigenvalue weighted by molar-refractivity contribution is -0.124. The SMILES string of the molecule is Cl.NCCOc1ccc(NC(=O)CNC(=O)CCC2CCCC2)cc1. The fraction of sp³-hybridized carbons (Fsp3) is 0.556. The largest absolute Gasteiger partial charge is 0.492 e. The lowest BCUT2D eigenvalue weighted by atomic mass is 10.0. The van der Waals surface area contributed by atoms with E-state index in [9.17, 15) is 9.59 Å². The van der Waals surface area contributed by atoms with E-state index in [4.69, 9.17) is 10.5 Å². The molecule has 2 rings (SSSR count). The van der Waals surface area contributed by atoms with Crippen LogP contribution in [0.1, 0.15) is 38.5 Å². The molecule has 0 radical (unpaired) electrons. The predicted octanol–water partition coefficient (Wildman–Crippen LogP) is 2.47. The predicted molar refractivity (Wildman–Crippen MR) is 101 cm³/mol. The van der Waals surface area contributed by atoms with Gasteiger partial charge in [0.25, 0.3) is 0 Å². The van der Waals surface area contributed by atoms with Crippen LogP contribution >= 0.6 is 12.4 Å². The smallest absolute Gasteiger partial charge is 0.243 e. The van der Waals surface area contributed by atoms with Crippen molar-refractivity contribution in [3.8, 4) is 5.75 Å². The monoisotopic (exact) mass is 369 g/mol. The van der Waals surface area contributed by atoms with Crippen molar-refractivity contribution in [2.75, 3.05) is 25.0 Å². The number of ether oxygens (including phenoxy) is 1. The van der Waals surface area contributed by atoms with Crippen LogP contribution in [-0.2, 0) is 9.59 Å². The first kappa shape index (κ1) is 21.3. The van der Waals surface area contributed by atoms with E-state index in [1.54, 1.807) is 24.3 Å². The molecule has 1 aromatic rings. The van der Waals surface area contributed by atoms with Crippen LogP contribution < -0.4 is 21.1 Å². The van der Waals surface area contributed by atoms with Gasteiger partial charge < -0.3 is 21.1 Å². The molecular weight excluding hydrogens is 342 g/mol. The molecule has 0 unspecified atom stereocenters. The molecule has 0 saturated heterocycles. The number of carbonyl (C=O) groups is 2. The summed E-state index contributed by atoms with van der Waals surface area (Å²) in [7, 11) is 0. The Kier molecular flexibility index (Phi) is 9.96. The van der Waals surface area contributed by atoms with Gasteiger partial charge in [0, 0.05) is 18.7 Å². The Balaban J connectivity index is 0.00000312. The quantitative estimate of drug-likeness (QED) is 0.623. The highest BCUT2D eigenvalue weighted by molar-refractivity contribution is 5.94. The van der Waals surface area contributed by atoms with Crippen LogP contribution in [0.5, 0.6) is 5.75 Å². The van der Waals surface area contributed by atoms with Gasteiger partial charge >= 0.3 is 0 Å². The number of carbonyl (C=O) groups excluding carboxylic acids is 2. The maximum Gasteiger partial charge on any atom is 0.243 e. The minimum Gasteiger partial charge on any atom is -0.492 e. The average molecular weight is 370 g/mol. The number of amides is 2. The molecule has 1 aromatic carbocycles. The van der Waals surface area contributed by atoms with Gasteiger partial charge in [-0.25, -0.2) is 0 Å². The maximum absolute atomic E-state index is 11.9. The second-order valence-electron chi connectivity index (χ2n) is 6.18. The topological polar surface area (TPSA) is 93.4 Å². The van der Waals surface area contributed by atoms with E-state index in [0.29, 0.717) is 36.9 Å². The average Bonchev–Trinajstić information content (AvgIpc) is 3.11. The van der Waals surface area contributed by atoms with E-state index in [0.717, 1.165) is 6.42 Å². The van der Waals surface area contributed by atoms with E-state index in [1.807, 2.05) is 0 Å². The molecule has 2 amide bonds. The first-order valence-corrected chi connectivity index (χ1v) is 8.67. The molecule has 1 aliphatic carbocycles. The van der Waals surface area contributed by atoms with Crippen LogP contribution in [0.2, 0.25) is 0 Å². The molecule has 4 N–H and O–H groups in total. The lowest BCUT2D eigenvalue weighted by Crippen LogP contribution is -2.32. The summed E-state index contributed by atoms with van der Waals surface area (Å²) in [5.74, 6) is 1.10. The zero-order valence-electron chi connectivity index (χ0n) is 14.5. The molecule has 7 heteroatoms. The molecule has 0 aliphatic heterocycles. The van der Waals surface area contributed by atoms with Crippen LogP contribution in [0.15, 0.2) is 24.3 Å². The number of nitrogens with two attached hydrogens (primary N) is 1. The molecule has 1 aliphatic rings. The van der Waals surface area contributed by atoms with Crippen LogP contribution in [0.25, 0.3) is 0 Å². The second-order valence-corrected chi connectivity index (χ2v) is 6.18. The van der Waals surface area contributed by atoms with E-state index >= 15 is 0 Å². The Bertz CT molecular complexity index is 531. The van der Waals surface area contributed by atoms with Crippen molar-refractivity contribution in [2.45, 2.75) is 38.5 Å². The zero-order valence-corrected chi connectivity index (χ0v) is 15.3. The highest BCUT2D eigenvalue weighted by Crippen LogP contribution is 2.28. The highest BCUT2D eigenvalue weighted by atomic mass is 35.5. The summed E-state index contributed by atoms with van der Waals surface area (Å²) < 4.78 is 5.37. The van der Waals surface area contributed by atoms with Gasteiger partial charge in [-0.2, -0.15) is 0 Å². The van der Waals surface area contributed by atoms with Gasteiger partial charge in [-0.1, -0.05) is 25.7 Å². The van der Waals surface area contributed by atoms with Gasteiger partial charge in [0.05, 0.1) is 6.54 Å². The van der Waals surface area contributed by atoms with Gasteiger partial charge in [0.2, 0.25) is 11.8 Å². The lowest BCUT2D eigenvalue weighted by Gasteiger charge is -2.10. The third kappa shape index (κ3) is 8.23. The van der Waals surface area contributed by atoms with Crippen molar-refractivity contribution in [3.05, 3.63) is 24.3 Å². The minimum atomic E-state index is -0.236. The van der Waals surface area contributed by atoms with E-state index < -0.39 is 0 Å². The summed E-state index contributed by atoms with van der Waals surface area (Å²) in [6.45, 7) is 0.909. The second kappa shape index (κ2) is 11.7. The van der Waals surface area contributed by atoms with Gasteiger partial charge in [-0.15, -0.1) is 12.4 Å². The maximum atomic E-state index is 11.9. The third-order valence-corrected chi connectivity index (χ3v) is 4.23. The number of halogens is 1. The van der Waals surface area contributed by atoms with Gasteiger partial charge in [-0.3, -0.25) is 9.59 Å². The summed E-state index contributed by atoms with van der Waals surface area (Å²) in [4.78, 5) is 23.6. The number of nitrogens with one attached hydrogen (secondary N) is 2. The molecule has 0 aromatic heterocycles. The summed E-state index contributed by atoms with van der Waals surface area (Å²) in [5, 5.41) is 5.42. The van der Waals surface area contributed by atoms with Crippen LogP contribution in [0.4, 0.5) is 5.69 Å². The van der Waals surface area contributed by atoms with Gasteiger partial charge in [-0.05, 0) is 36.6 Å². The first-order chi connectivity index (χ1) is 11.7. The van der Waals surface area contributed by atoms with Crippen LogP contribution in [-0.4, -0.2) is 31.5 Å². The van der Waals surface area contributed by atoms with E-state index in [-0.39, 0.29) is 30.8 Å². The molecule has 0 spiro atoms. The molecule has 140 valence electrons. The van der Waals surface area contributed by atoms with Crippen LogP contribution in [0.3, 0.4) is 0 Å². The third-order valence-electron chi connectivity index (χ3n) is 4.23. The van der Waals surface area contributed by atoms with Crippen molar-refractivity contribution < 1.29 is 14.3 Å². The Morgan fingerprint density at radius 2 is 1.80 bits per heavy atom. The summed E-state index contributed by atoms with van der Waals surface area (Å²) in [6, 6.07) is 7.05. The molecular formula is C18H28ClN3O3. The number of hydrogen-bond acceptors (Lipinski definition) is 4. The molecule has 6 nitrogen and oxygen atoms in total. The number of hydrogen-bond donors (Lipinski definition) is 3. The normalized spacial score (nSPS) is 13.8. The van der Waals surface area contributed by atoms with Crippen molar-refractivity contribution in [1.82, 2.24) is 5.32 Å². The highest BCUT2D eigenvalue weighted by Gasteiger charge is 2.16. The van der Waals surface area contributed by atoms with Gasteiger partial charge in [0.1, 0.15) is 12.4 Å². The molecule has 0 heterocycles. The molecule has 25 heavy (non-hydrogen) atoms. The zero-order chi connectivity index (χ0) is 17.2. The Morgan fingerprint density at radius 1 is 1.12 bits per heavy atom. The van der Waals surface area contributed by atoms with Crippen molar-refractivity contribution >= 4 is 29.9 Å². The minimum absolute atomic E-state index is 0. The Labute approximate surface area is 155 Å². The molecule has 0 atom stereocenters. The van der Waals surface area contributed by atoms with Crippen molar-refractivity contribution in [3.63, 3.8) is 0 Å². The number of benzene rings is 1. The Morgan fingerprint density at radius 3 is 2.44 bits per heavy atom. The van der Waals surface area contributed by atoms with E-state index in [2.05, 4.69) is 10.6 Å². The Hall–Kier alpha value is -1.79. The summed E-state index contributed by atoms with van der Waals surface area (Å²) >= 11 is 0. The van der Waals surface area contributed by atoms with Crippen molar-refractivity contribution in [1.29, 1.82) is 0 Å². The molecule has 0 bridgehead atoms. The van der Waals surface area contributed by atoms with Crippen molar-refractivity contribution in [2.24, 2.45) is 11.7 Å². The first-order valence-electron chi connectivity index (χ1n) is 8.67. The molecule has 1 fully saturated rings. The molecule has 1 saturated carbocycles. The number of anilines is 1. The van der Waals surface area contributed by atoms with Crippen LogP contribution in [0, 0.1) is 5.92 Å². The summed E-state index contributed by atoms with van der Waals surface area (Å²) in [5.41, 5.74) is 6.04. The van der Waals surface area contributed by atoms with E-state index in [1.165, 1.54) is 25.7 Å². The summed E-state index contributed by atoms with van der Waals surface area (Å²) in [6.07, 6.45) is 6.47. The standard InChI is InChI=1S/C18H27N3O3.ClH/c19-11-12-24-16-8-6-15(7-9-16)21-18(23)13-20-17(22)10-5-14-3-1-2-4-14;/h6-9,14H,1-5,10-13,19H2,(H,20,22)(H,21,23);1H. The fourth-order valence-electron chi connectivity index (χ4n) is 2.92. The van der Waals surface area contributed by atoms with Gasteiger partial charge in [0.15, 0.2) is 0 Å². The fourth-order valence-corrected chi connectivity index (χ4v) is 2.92. The number of rotatable bonds is 9.